The van der Waals surface area contributed by atoms with Crippen LogP contribution >= 0.6 is 0 Å². The van der Waals surface area contributed by atoms with E-state index in [0.29, 0.717) is 18.9 Å². The lowest BCUT2D eigenvalue weighted by Gasteiger charge is -2.34. The van der Waals surface area contributed by atoms with Crippen molar-refractivity contribution in [1.29, 1.82) is 0 Å². The van der Waals surface area contributed by atoms with Crippen LogP contribution in [0, 0.1) is 5.92 Å². The summed E-state index contributed by atoms with van der Waals surface area (Å²) in [4.78, 5) is 19.3. The number of benzene rings is 1. The van der Waals surface area contributed by atoms with E-state index in [1.54, 1.807) is 14.2 Å². The number of amides is 1. The smallest absolute Gasteiger partial charge is 0.224 e. The number of hydrogen-bond donors (Lipinski definition) is 0. The van der Waals surface area contributed by atoms with Crippen LogP contribution in [0.2, 0.25) is 0 Å². The monoisotopic (exact) mass is 389 g/mol. The predicted molar refractivity (Wildman–Crippen MR) is 112 cm³/mol. The van der Waals surface area contributed by atoms with Crippen molar-refractivity contribution in [2.24, 2.45) is 5.92 Å². The lowest BCUT2D eigenvalue weighted by Crippen LogP contribution is -2.42. The zero-order valence-corrected chi connectivity index (χ0v) is 17.4. The highest BCUT2D eigenvalue weighted by Gasteiger charge is 2.25. The van der Waals surface area contributed by atoms with Crippen LogP contribution in [0.5, 0.6) is 5.75 Å². The van der Waals surface area contributed by atoms with Gasteiger partial charge in [0.25, 0.3) is 0 Å². The molecule has 3 rings (SSSR count). The van der Waals surface area contributed by atoms with Crippen molar-refractivity contribution in [2.45, 2.75) is 25.7 Å². The van der Waals surface area contributed by atoms with Gasteiger partial charge in [0.15, 0.2) is 0 Å². The molecule has 0 aliphatic carbocycles. The minimum atomic E-state index is 0.241. The maximum atomic E-state index is 12.1. The first-order chi connectivity index (χ1) is 13.7. The Balaban J connectivity index is 1.42. The highest BCUT2D eigenvalue weighted by Crippen LogP contribution is 2.23. The number of carbonyl (C=O) groups is 1. The lowest BCUT2D eigenvalue weighted by atomic mass is 9.96. The van der Waals surface area contributed by atoms with Crippen molar-refractivity contribution in [2.75, 3.05) is 71.5 Å². The minimum Gasteiger partial charge on any atom is -0.497 e. The molecule has 6 nitrogen and oxygen atoms in total. The Hall–Kier alpha value is -1.79. The number of ether oxygens (including phenoxy) is 2. The largest absolute Gasteiger partial charge is 0.497 e. The van der Waals surface area contributed by atoms with Gasteiger partial charge in [-0.15, -0.1) is 0 Å². The molecule has 28 heavy (non-hydrogen) atoms. The summed E-state index contributed by atoms with van der Waals surface area (Å²) >= 11 is 0. The van der Waals surface area contributed by atoms with Gasteiger partial charge < -0.3 is 24.2 Å². The molecule has 6 heteroatoms. The van der Waals surface area contributed by atoms with Crippen molar-refractivity contribution in [1.82, 2.24) is 9.80 Å². The molecule has 0 atom stereocenters. The Kier molecular flexibility index (Phi) is 7.98. The van der Waals surface area contributed by atoms with Gasteiger partial charge in [-0.25, -0.2) is 0 Å². The maximum absolute atomic E-state index is 12.1. The first-order valence-electron chi connectivity index (χ1n) is 10.6. The molecule has 2 aliphatic rings. The molecule has 1 aromatic rings. The fourth-order valence-corrected chi connectivity index (χ4v) is 4.28. The second-order valence-corrected chi connectivity index (χ2v) is 7.91. The molecule has 1 aromatic carbocycles. The minimum absolute atomic E-state index is 0.241. The SMILES string of the molecule is COCCC(=O)N1CCC(CN2CCCN(c3ccc(OC)cc3)CC2)CC1. The van der Waals surface area contributed by atoms with Gasteiger partial charge in [0, 0.05) is 52.1 Å². The van der Waals surface area contributed by atoms with Crippen LogP contribution in [-0.2, 0) is 9.53 Å². The maximum Gasteiger partial charge on any atom is 0.224 e. The fourth-order valence-electron chi connectivity index (χ4n) is 4.28. The molecule has 0 spiro atoms. The van der Waals surface area contributed by atoms with Crippen LogP contribution in [0.25, 0.3) is 0 Å². The fraction of sp³-hybridized carbons (Fsp3) is 0.682. The van der Waals surface area contributed by atoms with E-state index in [1.165, 1.54) is 18.7 Å². The van der Waals surface area contributed by atoms with E-state index in [9.17, 15) is 4.79 Å². The normalized spacial score (nSPS) is 19.5. The predicted octanol–water partition coefficient (Wildman–Crippen LogP) is 2.48. The molecule has 0 aromatic heterocycles. The molecule has 156 valence electrons. The summed E-state index contributed by atoms with van der Waals surface area (Å²) in [5, 5.41) is 0. The van der Waals surface area contributed by atoms with Gasteiger partial charge in [-0.2, -0.15) is 0 Å². The molecular weight excluding hydrogens is 354 g/mol. The Morgan fingerprint density at radius 2 is 1.75 bits per heavy atom. The molecule has 0 saturated carbocycles. The Morgan fingerprint density at radius 3 is 2.43 bits per heavy atom. The molecule has 0 N–H and O–H groups in total. The zero-order chi connectivity index (χ0) is 19.8. The number of hydrogen-bond acceptors (Lipinski definition) is 5. The van der Waals surface area contributed by atoms with E-state index in [1.807, 2.05) is 17.0 Å². The van der Waals surface area contributed by atoms with Crippen LogP contribution < -0.4 is 9.64 Å². The second-order valence-electron chi connectivity index (χ2n) is 7.91. The van der Waals surface area contributed by atoms with E-state index in [4.69, 9.17) is 9.47 Å². The van der Waals surface area contributed by atoms with Gasteiger partial charge in [-0.1, -0.05) is 0 Å². The Bertz CT molecular complexity index is 600. The Morgan fingerprint density at radius 1 is 1.00 bits per heavy atom. The van der Waals surface area contributed by atoms with Crippen LogP contribution in [0.1, 0.15) is 25.7 Å². The van der Waals surface area contributed by atoms with Gasteiger partial charge in [0.05, 0.1) is 20.1 Å². The third kappa shape index (κ3) is 5.85. The molecule has 0 radical (unpaired) electrons. The van der Waals surface area contributed by atoms with E-state index in [2.05, 4.69) is 21.9 Å². The number of anilines is 1. The topological polar surface area (TPSA) is 45.2 Å². The number of nitrogens with zero attached hydrogens (tertiary/aromatic N) is 3. The molecule has 2 aliphatic heterocycles. The molecule has 1 amide bonds. The van der Waals surface area contributed by atoms with E-state index >= 15 is 0 Å². The molecular formula is C22H35N3O3. The standard InChI is InChI=1S/C22H35N3O3/c1-27-17-10-22(26)25-13-8-19(9-14-25)18-23-11-3-12-24(16-15-23)20-4-6-21(28-2)7-5-20/h4-7,19H,3,8-18H2,1-2H3. The highest BCUT2D eigenvalue weighted by molar-refractivity contribution is 5.76. The molecule has 2 heterocycles. The van der Waals surface area contributed by atoms with Crippen molar-refractivity contribution in [3.63, 3.8) is 0 Å². The number of rotatable bonds is 7. The van der Waals surface area contributed by atoms with Crippen LogP contribution in [-0.4, -0.2) is 82.3 Å². The summed E-state index contributed by atoms with van der Waals surface area (Å²) in [6.07, 6.45) is 3.95. The van der Waals surface area contributed by atoms with Crippen molar-refractivity contribution < 1.29 is 14.3 Å². The van der Waals surface area contributed by atoms with Crippen molar-refractivity contribution in [3.05, 3.63) is 24.3 Å². The van der Waals surface area contributed by atoms with Crippen LogP contribution in [0.15, 0.2) is 24.3 Å². The molecule has 2 fully saturated rings. The van der Waals surface area contributed by atoms with E-state index in [-0.39, 0.29) is 5.91 Å². The number of piperidine rings is 1. The van der Waals surface area contributed by atoms with Gasteiger partial charge in [0.1, 0.15) is 5.75 Å². The quantitative estimate of drug-likeness (QED) is 0.717. The third-order valence-corrected chi connectivity index (χ3v) is 6.03. The lowest BCUT2D eigenvalue weighted by molar-refractivity contribution is -0.133. The molecule has 2 saturated heterocycles. The molecule has 0 bridgehead atoms. The zero-order valence-electron chi connectivity index (χ0n) is 17.4. The summed E-state index contributed by atoms with van der Waals surface area (Å²) < 4.78 is 10.3. The van der Waals surface area contributed by atoms with Crippen molar-refractivity contribution >= 4 is 11.6 Å². The third-order valence-electron chi connectivity index (χ3n) is 6.03. The summed E-state index contributed by atoms with van der Waals surface area (Å²) in [5.74, 6) is 1.86. The molecule has 0 unspecified atom stereocenters. The average Bonchev–Trinajstić information content (AvgIpc) is 2.98. The Labute approximate surface area is 169 Å². The number of carbonyl (C=O) groups excluding carboxylic acids is 1. The van der Waals surface area contributed by atoms with Gasteiger partial charge in [0.2, 0.25) is 5.91 Å². The highest BCUT2D eigenvalue weighted by atomic mass is 16.5. The summed E-state index contributed by atoms with van der Waals surface area (Å²) in [7, 11) is 3.36. The summed E-state index contributed by atoms with van der Waals surface area (Å²) in [6, 6.07) is 8.40. The van der Waals surface area contributed by atoms with E-state index in [0.717, 1.165) is 57.9 Å². The van der Waals surface area contributed by atoms with Gasteiger partial charge in [-0.05, 0) is 56.0 Å². The van der Waals surface area contributed by atoms with Crippen molar-refractivity contribution in [3.8, 4) is 5.75 Å². The van der Waals surface area contributed by atoms with Crippen LogP contribution in [0.3, 0.4) is 0 Å². The summed E-state index contributed by atoms with van der Waals surface area (Å²) in [6.45, 7) is 7.94. The van der Waals surface area contributed by atoms with Gasteiger partial charge in [-0.3, -0.25) is 4.79 Å². The first kappa shape index (κ1) is 20.9. The van der Waals surface area contributed by atoms with E-state index < -0.39 is 0 Å². The summed E-state index contributed by atoms with van der Waals surface area (Å²) in [5.41, 5.74) is 1.28. The van der Waals surface area contributed by atoms with Crippen LogP contribution in [0.4, 0.5) is 5.69 Å². The first-order valence-corrected chi connectivity index (χ1v) is 10.6. The van der Waals surface area contributed by atoms with Gasteiger partial charge >= 0.3 is 0 Å². The average molecular weight is 390 g/mol. The number of methoxy groups -OCH3 is 2. The second kappa shape index (κ2) is 10.7. The number of likely N-dealkylation sites (tertiary alicyclic amines) is 1.